The van der Waals surface area contributed by atoms with Crippen LogP contribution in [0.4, 0.5) is 0 Å². The second-order valence-electron chi connectivity index (χ2n) is 8.48. The van der Waals surface area contributed by atoms with Gasteiger partial charge in [0, 0.05) is 31.5 Å². The van der Waals surface area contributed by atoms with E-state index in [0.717, 1.165) is 12.0 Å². The van der Waals surface area contributed by atoms with E-state index in [2.05, 4.69) is 43.0 Å². The smallest absolute Gasteiger partial charge is 0.228 e. The van der Waals surface area contributed by atoms with Gasteiger partial charge >= 0.3 is 0 Å². The first-order chi connectivity index (χ1) is 13.9. The Hall–Kier alpha value is -2.95. The van der Waals surface area contributed by atoms with Gasteiger partial charge in [0.05, 0.1) is 0 Å². The monoisotopic (exact) mass is 391 g/mol. The highest BCUT2D eigenvalue weighted by molar-refractivity contribution is 5.76. The number of amides is 1. The van der Waals surface area contributed by atoms with Crippen molar-refractivity contribution in [3.8, 4) is 11.4 Å². The van der Waals surface area contributed by atoms with Crippen LogP contribution in [0.1, 0.15) is 38.6 Å². The van der Waals surface area contributed by atoms with Crippen molar-refractivity contribution in [1.29, 1.82) is 0 Å². The topological polar surface area (TPSA) is 59.2 Å². The first kappa shape index (κ1) is 20.8. The molecule has 0 spiro atoms. The van der Waals surface area contributed by atoms with Crippen molar-refractivity contribution < 1.29 is 9.32 Å². The van der Waals surface area contributed by atoms with Crippen LogP contribution in [0.15, 0.2) is 65.2 Å². The number of rotatable bonds is 8. The highest BCUT2D eigenvalue weighted by Crippen LogP contribution is 2.20. The molecule has 2 aromatic carbocycles. The van der Waals surface area contributed by atoms with Crippen LogP contribution in [-0.2, 0) is 17.6 Å². The maximum atomic E-state index is 12.9. The van der Waals surface area contributed by atoms with E-state index in [4.69, 9.17) is 4.52 Å². The summed E-state index contributed by atoms with van der Waals surface area (Å²) in [5.74, 6) is 1.30. The van der Waals surface area contributed by atoms with Crippen molar-refractivity contribution in [3.05, 3.63) is 72.1 Å². The van der Waals surface area contributed by atoms with E-state index >= 15 is 0 Å². The molecule has 0 fully saturated rings. The predicted octanol–water partition coefficient (Wildman–Crippen LogP) is 4.79. The Kier molecular flexibility index (Phi) is 6.81. The van der Waals surface area contributed by atoms with Crippen LogP contribution in [-0.4, -0.2) is 34.0 Å². The molecule has 0 N–H and O–H groups in total. The van der Waals surface area contributed by atoms with Crippen molar-refractivity contribution in [1.82, 2.24) is 15.0 Å². The number of hydrogen-bond acceptors (Lipinski definition) is 4. The summed E-state index contributed by atoms with van der Waals surface area (Å²) >= 11 is 0. The molecular weight excluding hydrogens is 362 g/mol. The lowest BCUT2D eigenvalue weighted by molar-refractivity contribution is -0.133. The Balaban J connectivity index is 1.64. The number of aromatic nitrogens is 2. The summed E-state index contributed by atoms with van der Waals surface area (Å²) in [6, 6.07) is 20.0. The van der Waals surface area contributed by atoms with Gasteiger partial charge in [0.15, 0.2) is 0 Å². The Labute approximate surface area is 172 Å². The minimum atomic E-state index is -0.0486. The molecule has 0 unspecified atom stereocenters. The minimum Gasteiger partial charge on any atom is -0.342 e. The summed E-state index contributed by atoms with van der Waals surface area (Å²) in [6.45, 7) is 7.51. The third-order valence-corrected chi connectivity index (χ3v) is 4.64. The van der Waals surface area contributed by atoms with Gasteiger partial charge in [-0.15, -0.1) is 0 Å². The predicted molar refractivity (Wildman–Crippen MR) is 114 cm³/mol. The molecule has 5 heteroatoms. The maximum Gasteiger partial charge on any atom is 0.228 e. The number of nitrogens with zero attached hydrogens (tertiary/aromatic N) is 3. The summed E-state index contributed by atoms with van der Waals surface area (Å²) in [6.07, 6.45) is 1.89. The Morgan fingerprint density at radius 1 is 0.931 bits per heavy atom. The van der Waals surface area contributed by atoms with Gasteiger partial charge in [-0.05, 0) is 17.4 Å². The summed E-state index contributed by atoms with van der Waals surface area (Å²) in [5, 5.41) is 4.07. The van der Waals surface area contributed by atoms with Crippen LogP contribution in [0.2, 0.25) is 0 Å². The van der Waals surface area contributed by atoms with Crippen molar-refractivity contribution in [3.63, 3.8) is 0 Å². The lowest BCUT2D eigenvalue weighted by atomic mass is 9.91. The quantitative estimate of drug-likeness (QED) is 0.554. The third kappa shape index (κ3) is 6.56. The molecule has 0 saturated heterocycles. The minimum absolute atomic E-state index is 0.0486. The highest BCUT2D eigenvalue weighted by atomic mass is 16.5. The molecule has 1 heterocycles. The highest BCUT2D eigenvalue weighted by Gasteiger charge is 2.22. The van der Waals surface area contributed by atoms with Crippen molar-refractivity contribution >= 4 is 5.91 Å². The van der Waals surface area contributed by atoms with Gasteiger partial charge in [-0.2, -0.15) is 4.98 Å². The molecular formula is C24H29N3O2. The molecule has 152 valence electrons. The van der Waals surface area contributed by atoms with Crippen LogP contribution in [0.3, 0.4) is 0 Å². The van der Waals surface area contributed by atoms with E-state index in [1.807, 2.05) is 53.4 Å². The average Bonchev–Trinajstić information content (AvgIpc) is 3.17. The number of benzene rings is 2. The van der Waals surface area contributed by atoms with Crippen LogP contribution < -0.4 is 0 Å². The molecule has 3 rings (SSSR count). The molecule has 0 atom stereocenters. The van der Waals surface area contributed by atoms with Crippen LogP contribution in [0.25, 0.3) is 11.4 Å². The Morgan fingerprint density at radius 3 is 2.21 bits per heavy atom. The van der Waals surface area contributed by atoms with Crippen molar-refractivity contribution in [2.45, 2.75) is 40.0 Å². The molecule has 29 heavy (non-hydrogen) atoms. The summed E-state index contributed by atoms with van der Waals surface area (Å²) in [4.78, 5) is 19.3. The summed E-state index contributed by atoms with van der Waals surface area (Å²) in [5.41, 5.74) is 2.10. The normalized spacial score (nSPS) is 11.4. The second kappa shape index (κ2) is 9.50. The van der Waals surface area contributed by atoms with Crippen LogP contribution >= 0.6 is 0 Å². The molecule has 0 bridgehead atoms. The molecule has 0 saturated carbocycles. The van der Waals surface area contributed by atoms with Crippen molar-refractivity contribution in [2.75, 3.05) is 13.1 Å². The summed E-state index contributed by atoms with van der Waals surface area (Å²) in [7, 11) is 0. The fourth-order valence-electron chi connectivity index (χ4n) is 3.13. The van der Waals surface area contributed by atoms with Gasteiger partial charge < -0.3 is 9.42 Å². The zero-order chi connectivity index (χ0) is 20.7. The Morgan fingerprint density at radius 2 is 1.55 bits per heavy atom. The van der Waals surface area contributed by atoms with Gasteiger partial charge in [-0.1, -0.05) is 86.6 Å². The zero-order valence-corrected chi connectivity index (χ0v) is 17.5. The van der Waals surface area contributed by atoms with Gasteiger partial charge in [-0.3, -0.25) is 4.79 Å². The number of carbonyl (C=O) groups is 1. The van der Waals surface area contributed by atoms with E-state index < -0.39 is 0 Å². The van der Waals surface area contributed by atoms with Gasteiger partial charge in [0.25, 0.3) is 0 Å². The van der Waals surface area contributed by atoms with Crippen LogP contribution in [0, 0.1) is 5.41 Å². The van der Waals surface area contributed by atoms with Gasteiger partial charge in [0.2, 0.25) is 17.6 Å². The van der Waals surface area contributed by atoms with E-state index in [-0.39, 0.29) is 11.3 Å². The number of hydrogen-bond donors (Lipinski definition) is 0. The lowest BCUT2D eigenvalue weighted by Gasteiger charge is -2.26. The molecule has 1 amide bonds. The molecule has 0 aliphatic carbocycles. The van der Waals surface area contributed by atoms with E-state index in [9.17, 15) is 4.79 Å². The fourth-order valence-corrected chi connectivity index (χ4v) is 3.13. The first-order valence-electron chi connectivity index (χ1n) is 10.1. The number of carbonyl (C=O) groups excluding carboxylic acids is 1. The average molecular weight is 392 g/mol. The van der Waals surface area contributed by atoms with Crippen LogP contribution in [0.5, 0.6) is 0 Å². The molecule has 5 nitrogen and oxygen atoms in total. The zero-order valence-electron chi connectivity index (χ0n) is 17.5. The SMILES string of the molecule is CC(C)(C)CC(=O)N(CCc1ccccc1)CCc1nc(-c2ccccc2)no1. The van der Waals surface area contributed by atoms with E-state index in [0.29, 0.717) is 37.6 Å². The fraction of sp³-hybridized carbons (Fsp3) is 0.375. The standard InChI is InChI=1S/C24H29N3O2/c1-24(2,3)18-22(28)27(16-14-19-10-6-4-7-11-19)17-15-21-25-23(26-29-21)20-12-8-5-9-13-20/h4-13H,14-18H2,1-3H3. The molecule has 0 radical (unpaired) electrons. The van der Waals surface area contributed by atoms with E-state index in [1.54, 1.807) is 0 Å². The van der Waals surface area contributed by atoms with Gasteiger partial charge in [0.1, 0.15) is 0 Å². The third-order valence-electron chi connectivity index (χ3n) is 4.64. The lowest BCUT2D eigenvalue weighted by Crippen LogP contribution is -2.36. The van der Waals surface area contributed by atoms with E-state index in [1.165, 1.54) is 5.56 Å². The first-order valence-corrected chi connectivity index (χ1v) is 10.1. The van der Waals surface area contributed by atoms with Crippen molar-refractivity contribution in [2.24, 2.45) is 5.41 Å². The van der Waals surface area contributed by atoms with Gasteiger partial charge in [-0.25, -0.2) is 0 Å². The molecule has 3 aromatic rings. The molecule has 0 aliphatic heterocycles. The maximum absolute atomic E-state index is 12.9. The Bertz CT molecular complexity index is 899. The molecule has 0 aliphatic rings. The molecule has 1 aromatic heterocycles. The second-order valence-corrected chi connectivity index (χ2v) is 8.48. The summed E-state index contributed by atoms with van der Waals surface area (Å²) < 4.78 is 5.41. The largest absolute Gasteiger partial charge is 0.342 e.